The van der Waals surface area contributed by atoms with Crippen molar-refractivity contribution in [3.05, 3.63) is 27.4 Å². The number of piperidine rings is 1. The van der Waals surface area contributed by atoms with Gasteiger partial charge < -0.3 is 20.3 Å². The first-order chi connectivity index (χ1) is 12.1. The maximum absolute atomic E-state index is 14.1. The van der Waals surface area contributed by atoms with E-state index in [2.05, 4.69) is 26.6 Å². The number of benzene rings is 1. The molecule has 2 N–H and O–H groups in total. The number of halogens is 3. The van der Waals surface area contributed by atoms with Crippen molar-refractivity contribution in [3.63, 3.8) is 0 Å². The number of ether oxygens (including phenoxy) is 1. The van der Waals surface area contributed by atoms with Crippen LogP contribution in [0.1, 0.15) is 33.6 Å². The van der Waals surface area contributed by atoms with Crippen molar-refractivity contribution in [2.75, 3.05) is 18.4 Å². The molecule has 0 spiro atoms. The Labute approximate surface area is 165 Å². The van der Waals surface area contributed by atoms with Gasteiger partial charge in [-0.05, 0) is 61.7 Å². The van der Waals surface area contributed by atoms with Crippen molar-refractivity contribution in [1.82, 2.24) is 10.2 Å². The smallest absolute Gasteiger partial charge is 0.407 e. The number of hydrogen-bond acceptors (Lipinski definition) is 3. The van der Waals surface area contributed by atoms with Crippen LogP contribution in [-0.4, -0.2) is 41.8 Å². The van der Waals surface area contributed by atoms with E-state index >= 15 is 0 Å². The molecule has 0 radical (unpaired) electrons. The normalized spacial score (nSPS) is 17.6. The molecule has 0 unspecified atom stereocenters. The molecule has 26 heavy (non-hydrogen) atoms. The third-order valence-corrected chi connectivity index (χ3v) is 4.96. The second kappa shape index (κ2) is 8.43. The average molecular weight is 451 g/mol. The molecule has 2 rings (SSSR count). The molecule has 0 aromatic heterocycles. The first-order valence-electron chi connectivity index (χ1n) is 8.26. The standard InChI is InChI=1S/C17H22BrClFN3O3/c1-17(2,3)26-16(25)21-10-5-4-8-23(9-10)15(24)22-12-7-6-11(18)13(19)14(12)20/h6-7,10H,4-5,8-9H2,1-3H3,(H,21,25)(H,22,24)/t10-/m1/s1. The number of carbonyl (C=O) groups is 2. The Hall–Kier alpha value is -1.54. The van der Waals surface area contributed by atoms with E-state index in [4.69, 9.17) is 16.3 Å². The van der Waals surface area contributed by atoms with E-state index < -0.39 is 23.5 Å². The number of nitrogens with zero attached hydrogens (tertiary/aromatic N) is 1. The van der Waals surface area contributed by atoms with Gasteiger partial charge in [0.05, 0.1) is 10.7 Å². The summed E-state index contributed by atoms with van der Waals surface area (Å²) in [6.45, 7) is 6.18. The Bertz CT molecular complexity index is 697. The van der Waals surface area contributed by atoms with Crippen LogP contribution < -0.4 is 10.6 Å². The topological polar surface area (TPSA) is 70.7 Å². The van der Waals surface area contributed by atoms with Crippen molar-refractivity contribution in [2.45, 2.75) is 45.3 Å². The third-order valence-electron chi connectivity index (χ3n) is 3.71. The number of carbonyl (C=O) groups excluding carboxylic acids is 2. The summed E-state index contributed by atoms with van der Waals surface area (Å²) in [5, 5.41) is 5.20. The molecule has 1 heterocycles. The van der Waals surface area contributed by atoms with Crippen LogP contribution in [0.15, 0.2) is 16.6 Å². The van der Waals surface area contributed by atoms with Gasteiger partial charge in [-0.2, -0.15) is 0 Å². The average Bonchev–Trinajstić information content (AvgIpc) is 2.53. The summed E-state index contributed by atoms with van der Waals surface area (Å²) in [5.74, 6) is -0.699. The molecular formula is C17H22BrClFN3O3. The molecule has 1 atom stereocenters. The zero-order chi connectivity index (χ0) is 19.5. The number of urea groups is 1. The first-order valence-corrected chi connectivity index (χ1v) is 9.43. The second-order valence-electron chi connectivity index (χ2n) is 7.08. The quantitative estimate of drug-likeness (QED) is 0.638. The number of anilines is 1. The molecule has 144 valence electrons. The summed E-state index contributed by atoms with van der Waals surface area (Å²) >= 11 is 8.96. The van der Waals surface area contributed by atoms with Crippen molar-refractivity contribution in [3.8, 4) is 0 Å². The van der Waals surface area contributed by atoms with Crippen LogP contribution in [0, 0.1) is 5.82 Å². The predicted molar refractivity (Wildman–Crippen MR) is 102 cm³/mol. The summed E-state index contributed by atoms with van der Waals surface area (Å²) in [4.78, 5) is 25.8. The summed E-state index contributed by atoms with van der Waals surface area (Å²) in [6.07, 6.45) is 0.939. The molecule has 0 bridgehead atoms. The minimum absolute atomic E-state index is 0.00502. The van der Waals surface area contributed by atoms with Gasteiger partial charge in [0, 0.05) is 23.6 Å². The van der Waals surface area contributed by atoms with Gasteiger partial charge in [-0.15, -0.1) is 0 Å². The number of hydrogen-bond donors (Lipinski definition) is 2. The van der Waals surface area contributed by atoms with Gasteiger partial charge in [0.25, 0.3) is 0 Å². The maximum Gasteiger partial charge on any atom is 0.407 e. The van der Waals surface area contributed by atoms with Crippen LogP contribution in [0.3, 0.4) is 0 Å². The Kier molecular flexibility index (Phi) is 6.74. The fourth-order valence-corrected chi connectivity index (χ4v) is 3.04. The van der Waals surface area contributed by atoms with Crippen LogP contribution in [0.2, 0.25) is 5.02 Å². The highest BCUT2D eigenvalue weighted by atomic mass is 79.9. The van der Waals surface area contributed by atoms with Crippen LogP contribution in [0.4, 0.5) is 19.7 Å². The highest BCUT2D eigenvalue weighted by molar-refractivity contribution is 9.10. The maximum atomic E-state index is 14.1. The minimum Gasteiger partial charge on any atom is -0.444 e. The molecule has 1 aliphatic rings. The lowest BCUT2D eigenvalue weighted by molar-refractivity contribution is 0.0480. The molecule has 1 saturated heterocycles. The molecule has 1 aliphatic heterocycles. The third kappa shape index (κ3) is 5.74. The number of nitrogens with one attached hydrogen (secondary N) is 2. The van der Waals surface area contributed by atoms with Crippen LogP contribution in [-0.2, 0) is 4.74 Å². The van der Waals surface area contributed by atoms with Gasteiger partial charge >= 0.3 is 12.1 Å². The Morgan fingerprint density at radius 3 is 2.73 bits per heavy atom. The summed E-state index contributed by atoms with van der Waals surface area (Å²) in [5.41, 5.74) is -0.584. The van der Waals surface area contributed by atoms with Gasteiger partial charge in [0.15, 0.2) is 5.82 Å². The molecule has 1 aromatic rings. The molecule has 6 nitrogen and oxygen atoms in total. The monoisotopic (exact) mass is 449 g/mol. The SMILES string of the molecule is CC(C)(C)OC(=O)N[C@@H]1CCCN(C(=O)Nc2ccc(Br)c(Cl)c2F)C1. The fourth-order valence-electron chi connectivity index (χ4n) is 2.57. The molecule has 1 aromatic carbocycles. The van der Waals surface area contributed by atoms with Crippen LogP contribution >= 0.6 is 27.5 Å². The lowest BCUT2D eigenvalue weighted by atomic mass is 10.1. The first kappa shape index (κ1) is 20.8. The van der Waals surface area contributed by atoms with Crippen molar-refractivity contribution in [2.24, 2.45) is 0 Å². The van der Waals surface area contributed by atoms with Gasteiger partial charge in [0.2, 0.25) is 0 Å². The Balaban J connectivity index is 1.95. The lowest BCUT2D eigenvalue weighted by Crippen LogP contribution is -2.51. The zero-order valence-corrected chi connectivity index (χ0v) is 17.2. The van der Waals surface area contributed by atoms with Gasteiger partial charge in [-0.25, -0.2) is 14.0 Å². The molecule has 9 heteroatoms. The minimum atomic E-state index is -0.699. The van der Waals surface area contributed by atoms with Crippen molar-refractivity contribution >= 4 is 45.3 Å². The molecule has 1 fully saturated rings. The fraction of sp³-hybridized carbons (Fsp3) is 0.529. The largest absolute Gasteiger partial charge is 0.444 e. The summed E-state index contributed by atoms with van der Waals surface area (Å²) in [6, 6.07) is 2.33. The number of alkyl carbamates (subject to hydrolysis) is 1. The van der Waals surface area contributed by atoms with Crippen molar-refractivity contribution in [1.29, 1.82) is 0 Å². The van der Waals surface area contributed by atoms with E-state index in [1.807, 2.05) is 0 Å². The van der Waals surface area contributed by atoms with E-state index in [0.717, 1.165) is 12.8 Å². The highest BCUT2D eigenvalue weighted by Gasteiger charge is 2.27. The van der Waals surface area contributed by atoms with E-state index in [1.54, 1.807) is 26.8 Å². The second-order valence-corrected chi connectivity index (χ2v) is 8.32. The summed E-state index contributed by atoms with van der Waals surface area (Å²) in [7, 11) is 0. The number of likely N-dealkylation sites (tertiary alicyclic amines) is 1. The highest BCUT2D eigenvalue weighted by Crippen LogP contribution is 2.30. The molecule has 0 aliphatic carbocycles. The van der Waals surface area contributed by atoms with Crippen LogP contribution in [0.5, 0.6) is 0 Å². The van der Waals surface area contributed by atoms with E-state index in [9.17, 15) is 14.0 Å². The number of rotatable bonds is 2. The lowest BCUT2D eigenvalue weighted by Gasteiger charge is -2.33. The predicted octanol–water partition coefficient (Wildman–Crippen LogP) is 4.76. The number of amides is 3. The van der Waals surface area contributed by atoms with Gasteiger partial charge in [-0.3, -0.25) is 0 Å². The molecular weight excluding hydrogens is 429 g/mol. The van der Waals surface area contributed by atoms with Crippen molar-refractivity contribution < 1.29 is 18.7 Å². The van der Waals surface area contributed by atoms with E-state index in [1.165, 1.54) is 11.0 Å². The zero-order valence-electron chi connectivity index (χ0n) is 14.9. The molecule has 3 amide bonds. The summed E-state index contributed by atoms with van der Waals surface area (Å²) < 4.78 is 19.8. The van der Waals surface area contributed by atoms with E-state index in [0.29, 0.717) is 17.6 Å². The molecule has 0 saturated carbocycles. The van der Waals surface area contributed by atoms with Gasteiger partial charge in [0.1, 0.15) is 5.60 Å². The Morgan fingerprint density at radius 2 is 2.08 bits per heavy atom. The Morgan fingerprint density at radius 1 is 1.38 bits per heavy atom. The van der Waals surface area contributed by atoms with Gasteiger partial charge in [-0.1, -0.05) is 11.6 Å². The van der Waals surface area contributed by atoms with Crippen LogP contribution in [0.25, 0.3) is 0 Å². The van der Waals surface area contributed by atoms with E-state index in [-0.39, 0.29) is 16.8 Å².